The molecule has 0 saturated heterocycles. The van der Waals surface area contributed by atoms with Gasteiger partial charge in [-0.25, -0.2) is 0 Å². The smallest absolute Gasteiger partial charge is 0.177 e. The van der Waals surface area contributed by atoms with Crippen molar-refractivity contribution in [3.63, 3.8) is 0 Å². The second-order valence-corrected chi connectivity index (χ2v) is 2.40. The van der Waals surface area contributed by atoms with Gasteiger partial charge in [-0.15, -0.1) is 11.6 Å². The highest BCUT2D eigenvalue weighted by atomic mass is 35.5. The van der Waals surface area contributed by atoms with Crippen LogP contribution < -0.4 is 4.74 Å². The third-order valence-electron chi connectivity index (χ3n) is 1.42. The maximum atomic E-state index is 11.9. The fraction of sp³-hybridized carbons (Fsp3) is 0.300. The van der Waals surface area contributed by atoms with Crippen molar-refractivity contribution < 1.29 is 21.9 Å². The first-order valence-electron chi connectivity index (χ1n) is 7.80. The molecule has 0 aliphatic carbocycles. The summed E-state index contributed by atoms with van der Waals surface area (Å²) in [6.07, 6.45) is -2.85. The number of rotatable bonds is 2. The molecule has 1 aromatic carbocycles. The van der Waals surface area contributed by atoms with E-state index < -0.39 is 59.6 Å². The molecule has 1 heterocycles. The summed E-state index contributed by atoms with van der Waals surface area (Å²) in [5, 5.41) is 0. The summed E-state index contributed by atoms with van der Waals surface area (Å²) in [7, 11) is 0. The molecule has 2 nitrogen and oxygen atoms in total. The summed E-state index contributed by atoms with van der Waals surface area (Å²) >= 11 is 5.25. The van der Waals surface area contributed by atoms with Crippen molar-refractivity contribution in [2.75, 3.05) is 12.4 Å². The lowest BCUT2D eigenvalue weighted by Crippen LogP contribution is -2.00. The quantitative estimate of drug-likeness (QED) is 0.546. The fourth-order valence-electron chi connectivity index (χ4n) is 0.848. The first-order chi connectivity index (χ1) is 9.73. The molecule has 13 heavy (non-hydrogen) atoms. The number of benzene rings is 1. The predicted molar refractivity (Wildman–Crippen MR) is 50.7 cm³/mol. The number of Topliss-reactive ketones (excluding diaryl/α,β-unsaturated/α-hetero) is 1. The maximum absolute atomic E-state index is 11.9. The highest BCUT2D eigenvalue weighted by Gasteiger charge is 2.14. The third kappa shape index (κ3) is 1.54. The fourth-order valence-corrected chi connectivity index (χ4v) is 0.942. The number of halogens is 1. The summed E-state index contributed by atoms with van der Waals surface area (Å²) in [4.78, 5) is 11.9. The molecule has 0 N–H and O–H groups in total. The number of hydrogen-bond donors (Lipinski definition) is 0. The van der Waals surface area contributed by atoms with E-state index >= 15 is 0 Å². The Morgan fingerprint density at radius 2 is 2.69 bits per heavy atom. The Kier molecular flexibility index (Phi) is 0.778. The van der Waals surface area contributed by atoms with E-state index in [4.69, 9.17) is 28.7 Å². The van der Waals surface area contributed by atoms with Crippen LogP contribution in [0.5, 0.6) is 5.75 Å². The van der Waals surface area contributed by atoms with Crippen LogP contribution in [0.4, 0.5) is 0 Å². The van der Waals surface area contributed by atoms with Gasteiger partial charge in [0.15, 0.2) is 5.78 Å². The van der Waals surface area contributed by atoms with E-state index in [0.717, 1.165) is 0 Å². The van der Waals surface area contributed by atoms with E-state index in [2.05, 4.69) is 0 Å². The van der Waals surface area contributed by atoms with Crippen LogP contribution in [0.15, 0.2) is 18.1 Å². The Morgan fingerprint density at radius 3 is 3.46 bits per heavy atom. The summed E-state index contributed by atoms with van der Waals surface area (Å²) in [5.74, 6) is -5.06. The van der Waals surface area contributed by atoms with Crippen molar-refractivity contribution in [2.45, 2.75) is 6.37 Å². The van der Waals surface area contributed by atoms with Crippen molar-refractivity contribution in [1.29, 1.82) is 0 Å². The molecule has 0 fully saturated rings. The molecule has 0 bridgehead atoms. The predicted octanol–water partition coefficient (Wildman–Crippen LogP) is 2.04. The Hall–Kier alpha value is -1.02. The van der Waals surface area contributed by atoms with Crippen molar-refractivity contribution in [2.24, 2.45) is 0 Å². The number of carbonyl (C=O) groups excluding carboxylic acids is 1. The number of hydrogen-bond acceptors (Lipinski definition) is 2. The number of ether oxygens (including phenoxy) is 1. The molecule has 1 aromatic rings. The van der Waals surface area contributed by atoms with Crippen LogP contribution in [0.25, 0.3) is 0 Å². The van der Waals surface area contributed by atoms with Gasteiger partial charge >= 0.3 is 0 Å². The molecule has 68 valence electrons. The van der Waals surface area contributed by atoms with E-state index in [1.807, 2.05) is 0 Å². The van der Waals surface area contributed by atoms with Gasteiger partial charge < -0.3 is 4.74 Å². The van der Waals surface area contributed by atoms with Crippen LogP contribution in [0.3, 0.4) is 0 Å². The average Bonchev–Trinajstić information content (AvgIpc) is 2.52. The largest absolute Gasteiger partial charge is 0.493 e. The monoisotopic (exact) mass is 205 g/mol. The summed E-state index contributed by atoms with van der Waals surface area (Å²) in [6.45, 7) is -2.89. The highest BCUT2D eigenvalue weighted by Crippen LogP contribution is 2.25. The average molecular weight is 206 g/mol. The maximum Gasteiger partial charge on any atom is 0.177 e. The van der Waals surface area contributed by atoms with Crippen molar-refractivity contribution in [3.05, 3.63) is 29.3 Å². The van der Waals surface area contributed by atoms with Gasteiger partial charge in [0, 0.05) is 14.7 Å². The zero-order valence-electron chi connectivity index (χ0n) is 15.2. The lowest BCUT2D eigenvalue weighted by molar-refractivity contribution is 0.102. The second-order valence-electron chi connectivity index (χ2n) is 2.21. The molecule has 1 aliphatic rings. The summed E-state index contributed by atoms with van der Waals surface area (Å²) < 4.78 is 72.8. The van der Waals surface area contributed by atoms with Gasteiger partial charge in [-0.3, -0.25) is 4.79 Å². The normalized spacial score (nSPS) is 32.5. The number of carbonyl (C=O) groups is 1. The van der Waals surface area contributed by atoms with Crippen molar-refractivity contribution in [1.82, 2.24) is 0 Å². The molecule has 2 rings (SSSR count). The summed E-state index contributed by atoms with van der Waals surface area (Å²) in [6, 6.07) is -2.58. The van der Waals surface area contributed by atoms with E-state index in [0.29, 0.717) is 0 Å². The van der Waals surface area contributed by atoms with Crippen LogP contribution in [-0.2, 0) is 6.37 Å². The Morgan fingerprint density at radius 1 is 1.85 bits per heavy atom. The van der Waals surface area contributed by atoms with Gasteiger partial charge in [0.2, 0.25) is 0 Å². The Bertz CT molecular complexity index is 680. The minimum atomic E-state index is -2.95. The minimum Gasteiger partial charge on any atom is -0.493 e. The third-order valence-corrected chi connectivity index (χ3v) is 1.59. The second kappa shape index (κ2) is 3.38. The lowest BCUT2D eigenvalue weighted by atomic mass is 10.1. The molecule has 0 aromatic heterocycles. The van der Waals surface area contributed by atoms with E-state index in [9.17, 15) is 4.79 Å². The first kappa shape index (κ1) is 2.99. The molecule has 0 saturated carbocycles. The van der Waals surface area contributed by atoms with Crippen LogP contribution in [0.1, 0.15) is 28.3 Å². The zero-order valence-corrected chi connectivity index (χ0v) is 6.95. The van der Waals surface area contributed by atoms with E-state index in [-0.39, 0.29) is 0 Å². The molecule has 0 amide bonds. The van der Waals surface area contributed by atoms with E-state index in [1.54, 1.807) is 0 Å². The van der Waals surface area contributed by atoms with Crippen molar-refractivity contribution >= 4 is 17.4 Å². The standard InChI is InChI=1S/C10H9ClO2/c11-6-9(12)7-1-2-10-8(5-7)3-4-13-10/h1-2,5H,3-4,6H2/i1D,2D,3D2,4D2,5D,6D2. The summed E-state index contributed by atoms with van der Waals surface area (Å²) in [5.41, 5.74) is -1.59. The van der Waals surface area contributed by atoms with Crippen LogP contribution in [0.2, 0.25) is 0 Å². The molecule has 0 radical (unpaired) electrons. The first-order valence-corrected chi connectivity index (χ1v) is 3.68. The SMILES string of the molecule is [2H]c1c([2H])c(C(=O)C([2H])([2H])Cl)c([2H])c2c1OC([2H])([2H])C2([2H])[2H]. The van der Waals surface area contributed by atoms with Gasteiger partial charge in [0.25, 0.3) is 0 Å². The van der Waals surface area contributed by atoms with Crippen LogP contribution in [0, 0.1) is 0 Å². The van der Waals surface area contributed by atoms with Gasteiger partial charge in [-0.05, 0) is 23.7 Å². The van der Waals surface area contributed by atoms with Gasteiger partial charge in [0.05, 0.1) is 22.0 Å². The Labute approximate surface area is 94.1 Å². The van der Waals surface area contributed by atoms with Gasteiger partial charge in [-0.1, -0.05) is 0 Å². The molecule has 3 heteroatoms. The van der Waals surface area contributed by atoms with Crippen molar-refractivity contribution in [3.8, 4) is 5.75 Å². The lowest BCUT2D eigenvalue weighted by Gasteiger charge is -2.00. The zero-order chi connectivity index (χ0) is 17.2. The molecular weight excluding hydrogens is 188 g/mol. The molecule has 0 atom stereocenters. The molecule has 0 spiro atoms. The minimum absolute atomic E-state index is 0.642. The molecule has 0 unspecified atom stereocenters. The van der Waals surface area contributed by atoms with Crippen LogP contribution >= 0.6 is 11.6 Å². The molecule has 1 aliphatic heterocycles. The highest BCUT2D eigenvalue weighted by molar-refractivity contribution is 6.30. The molecular formula is C10H9ClO2. The van der Waals surface area contributed by atoms with E-state index in [1.165, 1.54) is 0 Å². The van der Waals surface area contributed by atoms with Crippen LogP contribution in [-0.4, -0.2) is 18.2 Å². The Balaban J connectivity index is 2.85. The topological polar surface area (TPSA) is 26.3 Å². The number of ketones is 1. The van der Waals surface area contributed by atoms with Gasteiger partial charge in [0.1, 0.15) is 5.75 Å². The number of fused-ring (bicyclic) bond motifs is 1. The van der Waals surface area contributed by atoms with Gasteiger partial charge in [-0.2, -0.15) is 0 Å². The number of alkyl halides is 1.